The average Bonchev–Trinajstić information content (AvgIpc) is 2.36. The van der Waals surface area contributed by atoms with Gasteiger partial charge in [-0.25, -0.2) is 0 Å². The van der Waals surface area contributed by atoms with E-state index in [1.54, 1.807) is 25.1 Å². The molecule has 0 heterocycles. The number of nitrogens with one attached hydrogen (secondary N) is 1. The van der Waals surface area contributed by atoms with Crippen molar-refractivity contribution < 1.29 is 12.6 Å². The van der Waals surface area contributed by atoms with Crippen molar-refractivity contribution in [2.24, 2.45) is 0 Å². The molecule has 0 amide bonds. The molecule has 5 heteroatoms. The van der Waals surface area contributed by atoms with E-state index < -0.39 is 10.1 Å². The van der Waals surface area contributed by atoms with Gasteiger partial charge in [-0.2, -0.15) is 8.42 Å². The average molecular weight is 271 g/mol. The van der Waals surface area contributed by atoms with E-state index in [9.17, 15) is 8.42 Å². The number of hydrogen-bond acceptors (Lipinski definition) is 4. The van der Waals surface area contributed by atoms with Crippen molar-refractivity contribution in [3.8, 4) is 5.75 Å². The first-order chi connectivity index (χ1) is 8.46. The Balaban J connectivity index is 2.68. The van der Waals surface area contributed by atoms with Gasteiger partial charge in [-0.05, 0) is 38.0 Å². The van der Waals surface area contributed by atoms with Crippen LogP contribution in [0.15, 0.2) is 24.3 Å². The second kappa shape index (κ2) is 6.75. The molecule has 102 valence electrons. The minimum atomic E-state index is -3.45. The van der Waals surface area contributed by atoms with Gasteiger partial charge in [-0.3, -0.25) is 0 Å². The number of hydrogen-bond donors (Lipinski definition) is 1. The third kappa shape index (κ3) is 5.06. The monoisotopic (exact) mass is 271 g/mol. The minimum Gasteiger partial charge on any atom is -0.382 e. The second-order valence-corrected chi connectivity index (χ2v) is 6.13. The molecular weight excluding hydrogens is 250 g/mol. The Bertz CT molecular complexity index is 471. The molecule has 1 N–H and O–H groups in total. The number of benzene rings is 1. The molecule has 0 bridgehead atoms. The first kappa shape index (κ1) is 15.0. The maximum atomic E-state index is 11.4. The first-order valence-corrected chi connectivity index (χ1v) is 7.79. The molecule has 0 fully saturated rings. The van der Waals surface area contributed by atoms with Crippen molar-refractivity contribution in [2.75, 3.05) is 5.75 Å². The van der Waals surface area contributed by atoms with Gasteiger partial charge in [0.2, 0.25) is 0 Å². The van der Waals surface area contributed by atoms with Crippen LogP contribution in [0.5, 0.6) is 5.75 Å². The summed E-state index contributed by atoms with van der Waals surface area (Å²) < 4.78 is 27.7. The standard InChI is InChI=1S/C13H21NO3S/c1-4-11(3)14-10-12-7-6-8-13(9-12)17-18(15,16)5-2/h6-9,11,14H,4-5,10H2,1-3H3/t11-/m1/s1. The lowest BCUT2D eigenvalue weighted by atomic mass is 10.2. The van der Waals surface area contributed by atoms with Crippen LogP contribution in [0.1, 0.15) is 32.8 Å². The topological polar surface area (TPSA) is 55.4 Å². The highest BCUT2D eigenvalue weighted by Crippen LogP contribution is 2.15. The Morgan fingerprint density at radius 2 is 2.06 bits per heavy atom. The summed E-state index contributed by atoms with van der Waals surface area (Å²) in [6, 6.07) is 7.59. The quantitative estimate of drug-likeness (QED) is 0.773. The van der Waals surface area contributed by atoms with Crippen LogP contribution in [0.2, 0.25) is 0 Å². The SMILES string of the molecule is CC[C@@H](C)NCc1cccc(OS(=O)(=O)CC)c1. The third-order valence-electron chi connectivity index (χ3n) is 2.74. The molecule has 0 unspecified atom stereocenters. The lowest BCUT2D eigenvalue weighted by molar-refractivity contribution is 0.486. The van der Waals surface area contributed by atoms with E-state index in [-0.39, 0.29) is 5.75 Å². The molecule has 0 aliphatic heterocycles. The molecule has 1 atom stereocenters. The fourth-order valence-corrected chi connectivity index (χ4v) is 1.86. The summed E-state index contributed by atoms with van der Waals surface area (Å²) in [7, 11) is -3.45. The summed E-state index contributed by atoms with van der Waals surface area (Å²) in [5.41, 5.74) is 1.01. The van der Waals surface area contributed by atoms with Crippen molar-refractivity contribution in [3.63, 3.8) is 0 Å². The molecule has 0 saturated heterocycles. The van der Waals surface area contributed by atoms with E-state index in [1.807, 2.05) is 6.07 Å². The molecule has 18 heavy (non-hydrogen) atoms. The van der Waals surface area contributed by atoms with Crippen LogP contribution in [-0.2, 0) is 16.7 Å². The van der Waals surface area contributed by atoms with Gasteiger partial charge >= 0.3 is 10.1 Å². The molecule has 4 nitrogen and oxygen atoms in total. The predicted octanol–water partition coefficient (Wildman–Crippen LogP) is 2.30. The Hall–Kier alpha value is -1.07. The van der Waals surface area contributed by atoms with E-state index in [0.717, 1.165) is 12.0 Å². The largest absolute Gasteiger partial charge is 0.382 e. The minimum absolute atomic E-state index is 0.0254. The Morgan fingerprint density at radius 1 is 1.33 bits per heavy atom. The van der Waals surface area contributed by atoms with Crippen LogP contribution in [0.3, 0.4) is 0 Å². The van der Waals surface area contributed by atoms with Crippen LogP contribution in [0, 0.1) is 0 Å². The van der Waals surface area contributed by atoms with Crippen molar-refractivity contribution in [1.29, 1.82) is 0 Å². The zero-order valence-corrected chi connectivity index (χ0v) is 12.0. The summed E-state index contributed by atoms with van der Waals surface area (Å²) in [5.74, 6) is 0.350. The molecule has 0 aliphatic rings. The van der Waals surface area contributed by atoms with E-state index in [0.29, 0.717) is 18.3 Å². The van der Waals surface area contributed by atoms with Gasteiger partial charge in [0.25, 0.3) is 0 Å². The smallest absolute Gasteiger partial charge is 0.308 e. The van der Waals surface area contributed by atoms with Gasteiger partial charge in [-0.15, -0.1) is 0 Å². The predicted molar refractivity (Wildman–Crippen MR) is 73.1 cm³/mol. The summed E-state index contributed by atoms with van der Waals surface area (Å²) in [5, 5.41) is 3.35. The maximum Gasteiger partial charge on any atom is 0.308 e. The van der Waals surface area contributed by atoms with Crippen LogP contribution >= 0.6 is 0 Å². The Kier molecular flexibility index (Phi) is 5.62. The lowest BCUT2D eigenvalue weighted by Gasteiger charge is -2.12. The molecule has 0 saturated carbocycles. The van der Waals surface area contributed by atoms with Crippen molar-refractivity contribution in [2.45, 2.75) is 39.8 Å². The van der Waals surface area contributed by atoms with Gasteiger partial charge < -0.3 is 9.50 Å². The fourth-order valence-electron chi connectivity index (χ4n) is 1.35. The van der Waals surface area contributed by atoms with E-state index in [1.165, 1.54) is 0 Å². The highest BCUT2D eigenvalue weighted by Gasteiger charge is 2.09. The normalized spacial score (nSPS) is 13.3. The van der Waals surface area contributed by atoms with Crippen molar-refractivity contribution >= 4 is 10.1 Å². The van der Waals surface area contributed by atoms with Gasteiger partial charge in [-0.1, -0.05) is 19.1 Å². The van der Waals surface area contributed by atoms with Crippen LogP contribution < -0.4 is 9.50 Å². The second-order valence-electron chi connectivity index (χ2n) is 4.27. The lowest BCUT2D eigenvalue weighted by Crippen LogP contribution is -2.24. The highest BCUT2D eigenvalue weighted by atomic mass is 32.2. The van der Waals surface area contributed by atoms with Gasteiger partial charge in [0.15, 0.2) is 0 Å². The zero-order chi connectivity index (χ0) is 13.6. The summed E-state index contributed by atoms with van der Waals surface area (Å²) in [4.78, 5) is 0. The van der Waals surface area contributed by atoms with Gasteiger partial charge in [0, 0.05) is 12.6 Å². The van der Waals surface area contributed by atoms with Gasteiger partial charge in [0.1, 0.15) is 5.75 Å². The van der Waals surface area contributed by atoms with Crippen LogP contribution in [0.25, 0.3) is 0 Å². The highest BCUT2D eigenvalue weighted by molar-refractivity contribution is 7.87. The summed E-state index contributed by atoms with van der Waals surface area (Å²) >= 11 is 0. The van der Waals surface area contributed by atoms with Crippen LogP contribution in [0.4, 0.5) is 0 Å². The first-order valence-electron chi connectivity index (χ1n) is 6.21. The maximum absolute atomic E-state index is 11.4. The van der Waals surface area contributed by atoms with E-state index in [2.05, 4.69) is 19.2 Å². The third-order valence-corrected chi connectivity index (χ3v) is 3.90. The molecule has 1 aromatic carbocycles. The number of rotatable bonds is 7. The van der Waals surface area contributed by atoms with Crippen LogP contribution in [-0.4, -0.2) is 20.2 Å². The Morgan fingerprint density at radius 3 is 2.67 bits per heavy atom. The Labute approximate surface area is 109 Å². The van der Waals surface area contributed by atoms with Crippen molar-refractivity contribution in [1.82, 2.24) is 5.32 Å². The molecule has 0 spiro atoms. The molecule has 1 rings (SSSR count). The van der Waals surface area contributed by atoms with E-state index >= 15 is 0 Å². The van der Waals surface area contributed by atoms with Crippen molar-refractivity contribution in [3.05, 3.63) is 29.8 Å². The molecule has 1 aromatic rings. The van der Waals surface area contributed by atoms with E-state index in [4.69, 9.17) is 4.18 Å². The molecule has 0 radical (unpaired) electrons. The molecular formula is C13H21NO3S. The molecule has 0 aliphatic carbocycles. The summed E-state index contributed by atoms with van der Waals surface area (Å²) in [6.45, 7) is 6.50. The fraction of sp³-hybridized carbons (Fsp3) is 0.538. The zero-order valence-electron chi connectivity index (χ0n) is 11.1. The summed E-state index contributed by atoms with van der Waals surface area (Å²) in [6.07, 6.45) is 1.06. The van der Waals surface area contributed by atoms with Gasteiger partial charge in [0.05, 0.1) is 5.75 Å². The molecule has 0 aromatic heterocycles.